The van der Waals surface area contributed by atoms with Crippen LogP contribution in [0.4, 0.5) is 18.9 Å². The van der Waals surface area contributed by atoms with Crippen molar-refractivity contribution in [3.63, 3.8) is 0 Å². The van der Waals surface area contributed by atoms with Crippen LogP contribution >= 0.6 is 0 Å². The summed E-state index contributed by atoms with van der Waals surface area (Å²) in [6, 6.07) is 12.9. The van der Waals surface area contributed by atoms with Gasteiger partial charge in [-0.15, -0.1) is 0 Å². The zero-order valence-corrected chi connectivity index (χ0v) is 32.2. The van der Waals surface area contributed by atoms with Gasteiger partial charge in [0.05, 0.1) is 0 Å². The fourth-order valence-corrected chi connectivity index (χ4v) is 10.4. The first-order valence-electron chi connectivity index (χ1n) is 18.3. The Kier molecular flexibility index (Phi) is 12.0. The van der Waals surface area contributed by atoms with E-state index in [0.717, 1.165) is 42.4 Å². The normalized spacial score (nSPS) is 31.5. The van der Waals surface area contributed by atoms with Gasteiger partial charge < -0.3 is 0 Å². The maximum atomic E-state index is 13.6. The van der Waals surface area contributed by atoms with Crippen LogP contribution < -0.4 is 10.6 Å². The van der Waals surface area contributed by atoms with Crippen LogP contribution in [0.25, 0.3) is 0 Å². The van der Waals surface area contributed by atoms with E-state index in [1.54, 1.807) is 43.5 Å². The van der Waals surface area contributed by atoms with Gasteiger partial charge in [0.2, 0.25) is 0 Å². The number of carbonyl (C=O) groups excluding carboxylic acids is 2. The summed E-state index contributed by atoms with van der Waals surface area (Å²) in [5.74, 6) is -2.54. The van der Waals surface area contributed by atoms with E-state index in [1.165, 1.54) is 12.1 Å². The van der Waals surface area contributed by atoms with E-state index in [4.69, 9.17) is 21.1 Å². The van der Waals surface area contributed by atoms with Crippen molar-refractivity contribution in [2.24, 2.45) is 34.0 Å². The molecule has 3 saturated carbocycles. The Hall–Kier alpha value is -3.23. The number of aryl methyl sites for hydroxylation is 1. The Balaban J connectivity index is 1.37. The number of carbonyl (C=O) groups is 2. The molecule has 9 nitrogen and oxygen atoms in total. The summed E-state index contributed by atoms with van der Waals surface area (Å²) in [4.78, 5) is 24.8. The SMILES string of the molecule is [B]=C1[C@H](C)[C@@]23CC[C@@H](C)[C@](C)([C@@H]2[C@H](OC)CC3)[C@H](OC(=O)COS(=O)(=O)c2ccc(C)cc2)C[C@]1(C)CCNc1ccc(CNC(=O)C(F)(F)F)cc1. The molecule has 0 aromatic heterocycles. The molecule has 5 rings (SSSR count). The molecule has 0 aliphatic heterocycles. The number of methoxy groups -OCH3 is 1. The number of ether oxygens (including phenoxy) is 2. The number of benzene rings is 2. The Morgan fingerprint density at radius 3 is 2.26 bits per heavy atom. The number of amides is 1. The van der Waals surface area contributed by atoms with E-state index >= 15 is 0 Å². The van der Waals surface area contributed by atoms with E-state index in [0.29, 0.717) is 24.9 Å². The number of halogens is 3. The fraction of sp³-hybridized carbons (Fsp3) is 0.615. The third-order valence-corrected chi connectivity index (χ3v) is 14.2. The molecular weight excluding hydrogens is 708 g/mol. The van der Waals surface area contributed by atoms with Crippen LogP contribution in [0, 0.1) is 40.9 Å². The zero-order chi connectivity index (χ0) is 39.0. The molecule has 8 atom stereocenters. The predicted molar refractivity (Wildman–Crippen MR) is 197 cm³/mol. The van der Waals surface area contributed by atoms with Gasteiger partial charge in [0.1, 0.15) is 0 Å². The molecule has 2 bridgehead atoms. The van der Waals surface area contributed by atoms with Gasteiger partial charge in [-0.2, -0.15) is 13.2 Å². The number of nitrogens with one attached hydrogen (secondary N) is 2. The summed E-state index contributed by atoms with van der Waals surface area (Å²) in [6.07, 6.45) is -1.04. The molecule has 289 valence electrons. The van der Waals surface area contributed by atoms with Gasteiger partial charge in [-0.05, 0) is 6.92 Å². The second-order valence-corrected chi connectivity index (χ2v) is 17.4. The molecule has 53 heavy (non-hydrogen) atoms. The molecule has 0 heterocycles. The van der Waals surface area contributed by atoms with E-state index in [9.17, 15) is 31.2 Å². The van der Waals surface area contributed by atoms with Crippen LogP contribution in [0.15, 0.2) is 53.4 Å². The minimum atomic E-state index is -4.95. The van der Waals surface area contributed by atoms with Crippen molar-refractivity contribution in [3.05, 3.63) is 59.7 Å². The average molecular weight is 760 g/mol. The topological polar surface area (TPSA) is 120 Å². The van der Waals surface area contributed by atoms with Crippen LogP contribution in [0.2, 0.25) is 0 Å². The molecule has 0 saturated heterocycles. The van der Waals surface area contributed by atoms with Crippen LogP contribution in [0.1, 0.15) is 77.3 Å². The summed E-state index contributed by atoms with van der Waals surface area (Å²) in [7, 11) is 4.76. The molecular formula is C39H51BF3N2O7S. The van der Waals surface area contributed by atoms with Crippen LogP contribution in [-0.4, -0.2) is 71.9 Å². The molecule has 2 N–H and O–H groups in total. The Morgan fingerprint density at radius 2 is 1.64 bits per heavy atom. The van der Waals surface area contributed by atoms with Crippen molar-refractivity contribution in [1.29, 1.82) is 0 Å². The molecule has 3 fully saturated rings. The third kappa shape index (κ3) is 8.24. The molecule has 0 spiro atoms. The second kappa shape index (κ2) is 15.5. The van der Waals surface area contributed by atoms with Gasteiger partial charge in [-0.1, -0.05) is 5.56 Å². The van der Waals surface area contributed by atoms with Gasteiger partial charge in [-0.3, -0.25) is 4.79 Å². The maximum absolute atomic E-state index is 13.6. The summed E-state index contributed by atoms with van der Waals surface area (Å²) >= 11 is 0. The van der Waals surface area contributed by atoms with Gasteiger partial charge in [-0.25, -0.2) is 0 Å². The van der Waals surface area contributed by atoms with E-state index < -0.39 is 51.7 Å². The minimum absolute atomic E-state index is 0.0365. The summed E-state index contributed by atoms with van der Waals surface area (Å²) < 4.78 is 81.4. The second-order valence-electron chi connectivity index (χ2n) is 15.8. The van der Waals surface area contributed by atoms with Crippen LogP contribution in [0.5, 0.6) is 0 Å². The van der Waals surface area contributed by atoms with Crippen molar-refractivity contribution in [1.82, 2.24) is 5.32 Å². The number of alkyl halides is 3. The molecule has 0 unspecified atom stereocenters. The number of anilines is 1. The summed E-state index contributed by atoms with van der Waals surface area (Å²) in [6.45, 7) is 10.00. The fourth-order valence-electron chi connectivity index (χ4n) is 9.57. The van der Waals surface area contributed by atoms with E-state index in [-0.39, 0.29) is 40.7 Å². The number of hydrogen-bond acceptors (Lipinski definition) is 8. The van der Waals surface area contributed by atoms with E-state index in [2.05, 4.69) is 33.0 Å². The molecule has 3 aliphatic carbocycles. The molecule has 2 aromatic rings. The first-order valence-corrected chi connectivity index (χ1v) is 19.7. The summed E-state index contributed by atoms with van der Waals surface area (Å²) in [5.41, 5.74) is 1.64. The Morgan fingerprint density at radius 1 is 1.00 bits per heavy atom. The molecule has 1 radical (unpaired) electrons. The summed E-state index contributed by atoms with van der Waals surface area (Å²) in [5, 5.41) is 5.27. The zero-order valence-electron chi connectivity index (χ0n) is 31.3. The number of hydrogen-bond donors (Lipinski definition) is 2. The van der Waals surface area contributed by atoms with Crippen molar-refractivity contribution >= 4 is 40.6 Å². The molecule has 3 aliphatic rings. The standard InChI is InChI=1S/C39H51BF3N2O7S/c1-24-7-13-29(14-8-24)53(48,49)51-23-32(46)52-31-21-36(4,19-20-44-28-11-9-27(10-12-28)22-45-35(47)39(41,42)43)34(40)26(3)38-17-15-25(2)37(31,5)33(38)30(50-6)16-18-38/h7-14,25-26,30-31,33,44H,15-23H2,1-6H3,(H,45,47)/t25-,26+,30-,31-,33+,36+,37+,38+/m1/s1. The van der Waals surface area contributed by atoms with Crippen molar-refractivity contribution in [2.45, 2.75) is 103 Å². The molecule has 2 aromatic carbocycles. The first kappa shape index (κ1) is 40.9. The average Bonchev–Trinajstić information content (AvgIpc) is 3.51. The Labute approximate surface area is 312 Å². The van der Waals surface area contributed by atoms with Crippen LogP contribution in [-0.2, 0) is 39.9 Å². The Bertz CT molecular complexity index is 1770. The quantitative estimate of drug-likeness (QED) is 0.143. The van der Waals surface area contributed by atoms with Gasteiger partial charge in [0.25, 0.3) is 0 Å². The third-order valence-electron chi connectivity index (χ3n) is 12.9. The monoisotopic (exact) mass is 759 g/mol. The van der Waals surface area contributed by atoms with Gasteiger partial charge in [0, 0.05) is 0 Å². The van der Waals surface area contributed by atoms with Crippen molar-refractivity contribution < 1.29 is 44.8 Å². The van der Waals surface area contributed by atoms with E-state index in [1.807, 2.05) is 12.2 Å². The first-order chi connectivity index (χ1) is 24.8. The van der Waals surface area contributed by atoms with Gasteiger partial charge >= 0.3 is 283 Å². The van der Waals surface area contributed by atoms with Crippen molar-refractivity contribution in [3.8, 4) is 0 Å². The molecule has 1 amide bonds. The predicted octanol–water partition coefficient (Wildman–Crippen LogP) is 6.53. The van der Waals surface area contributed by atoms with Gasteiger partial charge in [0.15, 0.2) is 0 Å². The number of rotatable bonds is 12. The van der Waals surface area contributed by atoms with Crippen LogP contribution in [0.3, 0.4) is 0 Å². The number of esters is 1. The molecule has 14 heteroatoms. The van der Waals surface area contributed by atoms with Crippen molar-refractivity contribution in [2.75, 3.05) is 25.6 Å².